The molecule has 6 aromatic carbocycles. The highest BCUT2D eigenvalue weighted by molar-refractivity contribution is 6.08. The predicted molar refractivity (Wildman–Crippen MR) is 184 cm³/mol. The summed E-state index contributed by atoms with van der Waals surface area (Å²) in [6.45, 7) is 0. The van der Waals surface area contributed by atoms with Crippen LogP contribution < -0.4 is 4.90 Å². The van der Waals surface area contributed by atoms with Crippen LogP contribution >= 0.6 is 0 Å². The first-order chi connectivity index (χ1) is 21.8. The minimum absolute atomic E-state index is 0.960. The maximum Gasteiger partial charge on any atom is 0.101 e. The van der Waals surface area contributed by atoms with Gasteiger partial charge in [0.25, 0.3) is 0 Å². The van der Waals surface area contributed by atoms with Crippen molar-refractivity contribution in [2.24, 2.45) is 0 Å². The van der Waals surface area contributed by atoms with Crippen LogP contribution in [0.1, 0.15) is 0 Å². The fourth-order valence-electron chi connectivity index (χ4n) is 6.15. The van der Waals surface area contributed by atoms with Crippen molar-refractivity contribution in [2.75, 3.05) is 4.90 Å². The molecular formula is C41H29N3. The number of benzene rings is 6. The normalized spacial score (nSPS) is 11.2. The van der Waals surface area contributed by atoms with Gasteiger partial charge in [0.1, 0.15) is 5.69 Å². The van der Waals surface area contributed by atoms with Gasteiger partial charge in [0.2, 0.25) is 0 Å². The van der Waals surface area contributed by atoms with Gasteiger partial charge in [-0.2, -0.15) is 5.10 Å². The number of aromatic nitrogens is 2. The van der Waals surface area contributed by atoms with Gasteiger partial charge < -0.3 is 4.90 Å². The van der Waals surface area contributed by atoms with Gasteiger partial charge in [-0.25, -0.2) is 4.52 Å². The molecule has 208 valence electrons. The first-order valence-corrected chi connectivity index (χ1v) is 14.9. The maximum absolute atomic E-state index is 5.38. The van der Waals surface area contributed by atoms with E-state index in [1.165, 1.54) is 10.8 Å². The second-order valence-corrected chi connectivity index (χ2v) is 10.9. The fourth-order valence-corrected chi connectivity index (χ4v) is 6.15. The predicted octanol–water partition coefficient (Wildman–Crippen LogP) is 11.0. The van der Waals surface area contributed by atoms with Crippen LogP contribution in [-0.4, -0.2) is 9.61 Å². The molecule has 0 atom stereocenters. The Hall–Kier alpha value is -5.93. The monoisotopic (exact) mass is 563 g/mol. The van der Waals surface area contributed by atoms with E-state index in [-0.39, 0.29) is 0 Å². The van der Waals surface area contributed by atoms with Crippen molar-refractivity contribution in [1.82, 2.24) is 9.61 Å². The van der Waals surface area contributed by atoms with Crippen molar-refractivity contribution in [3.8, 4) is 33.6 Å². The Labute approximate surface area is 256 Å². The minimum Gasteiger partial charge on any atom is -0.311 e. The Morgan fingerprint density at radius 2 is 0.932 bits per heavy atom. The standard InChI is InChI=1S/C41H29N3/c1-5-15-30(16-6-1)38-29-33-19-13-14-24-37(33)41-39(31-17-7-2-8-18-31)40(42-44(38)41)32-25-27-36(28-26-32)43(34-20-9-3-10-21-34)35-22-11-4-12-23-35/h1-29H. The lowest BCUT2D eigenvalue weighted by molar-refractivity contribution is 0.979. The third-order valence-corrected chi connectivity index (χ3v) is 8.18. The van der Waals surface area contributed by atoms with Crippen LogP contribution in [0.15, 0.2) is 176 Å². The molecule has 8 rings (SSSR count). The third kappa shape index (κ3) is 4.52. The van der Waals surface area contributed by atoms with Gasteiger partial charge in [-0.1, -0.05) is 133 Å². The summed E-state index contributed by atoms with van der Waals surface area (Å²) < 4.78 is 2.14. The van der Waals surface area contributed by atoms with Gasteiger partial charge in [0.15, 0.2) is 0 Å². The van der Waals surface area contributed by atoms with Crippen molar-refractivity contribution >= 4 is 33.4 Å². The van der Waals surface area contributed by atoms with E-state index in [1.54, 1.807) is 0 Å². The highest BCUT2D eigenvalue weighted by Crippen LogP contribution is 2.42. The highest BCUT2D eigenvalue weighted by atomic mass is 15.2. The molecule has 44 heavy (non-hydrogen) atoms. The molecule has 0 unspecified atom stereocenters. The highest BCUT2D eigenvalue weighted by Gasteiger charge is 2.22. The largest absolute Gasteiger partial charge is 0.311 e. The molecule has 2 aromatic heterocycles. The summed E-state index contributed by atoms with van der Waals surface area (Å²) in [6.07, 6.45) is 0. The van der Waals surface area contributed by atoms with E-state index < -0.39 is 0 Å². The molecule has 8 aromatic rings. The number of hydrogen-bond donors (Lipinski definition) is 0. The molecular weight excluding hydrogens is 534 g/mol. The maximum atomic E-state index is 5.38. The van der Waals surface area contributed by atoms with Crippen molar-refractivity contribution < 1.29 is 0 Å². The van der Waals surface area contributed by atoms with E-state index in [0.717, 1.165) is 56.2 Å². The molecule has 3 nitrogen and oxygen atoms in total. The molecule has 2 heterocycles. The van der Waals surface area contributed by atoms with Crippen molar-refractivity contribution in [1.29, 1.82) is 0 Å². The Kier molecular flexibility index (Phi) is 6.47. The molecule has 0 saturated carbocycles. The summed E-state index contributed by atoms with van der Waals surface area (Å²) in [4.78, 5) is 2.28. The summed E-state index contributed by atoms with van der Waals surface area (Å²) in [5.74, 6) is 0. The van der Waals surface area contributed by atoms with Gasteiger partial charge in [-0.15, -0.1) is 0 Å². The third-order valence-electron chi connectivity index (χ3n) is 8.18. The Bertz CT molecular complexity index is 2150. The van der Waals surface area contributed by atoms with Gasteiger partial charge in [0, 0.05) is 39.1 Å². The number of para-hydroxylation sites is 2. The zero-order chi connectivity index (χ0) is 29.3. The lowest BCUT2D eigenvalue weighted by Gasteiger charge is -2.25. The smallest absolute Gasteiger partial charge is 0.101 e. The van der Waals surface area contributed by atoms with Gasteiger partial charge >= 0.3 is 0 Å². The first-order valence-electron chi connectivity index (χ1n) is 14.9. The van der Waals surface area contributed by atoms with E-state index in [0.29, 0.717) is 0 Å². The van der Waals surface area contributed by atoms with Crippen molar-refractivity contribution in [3.05, 3.63) is 176 Å². The summed E-state index contributed by atoms with van der Waals surface area (Å²) in [6, 6.07) is 61.9. The summed E-state index contributed by atoms with van der Waals surface area (Å²) >= 11 is 0. The van der Waals surface area contributed by atoms with Crippen LogP contribution in [0.3, 0.4) is 0 Å². The van der Waals surface area contributed by atoms with E-state index >= 15 is 0 Å². The number of fused-ring (bicyclic) bond motifs is 3. The first kappa shape index (κ1) is 25.8. The average molecular weight is 564 g/mol. The van der Waals surface area contributed by atoms with E-state index in [4.69, 9.17) is 5.10 Å². The fraction of sp³-hybridized carbons (Fsp3) is 0. The molecule has 0 bridgehead atoms. The van der Waals surface area contributed by atoms with E-state index in [1.807, 2.05) is 0 Å². The second-order valence-electron chi connectivity index (χ2n) is 10.9. The molecule has 0 saturated heterocycles. The van der Waals surface area contributed by atoms with Crippen LogP contribution in [0.4, 0.5) is 17.1 Å². The molecule has 0 radical (unpaired) electrons. The molecule has 0 fully saturated rings. The van der Waals surface area contributed by atoms with Crippen molar-refractivity contribution in [3.63, 3.8) is 0 Å². The van der Waals surface area contributed by atoms with E-state index in [9.17, 15) is 0 Å². The number of pyridine rings is 1. The Morgan fingerprint density at radius 1 is 0.432 bits per heavy atom. The Morgan fingerprint density at radius 3 is 1.55 bits per heavy atom. The second kappa shape index (κ2) is 11.0. The topological polar surface area (TPSA) is 20.5 Å². The SMILES string of the molecule is c1ccc(-c2c(-c3ccc(N(c4ccccc4)c4ccccc4)cc3)nn3c(-c4ccccc4)cc4ccccc4c23)cc1. The number of nitrogens with zero attached hydrogens (tertiary/aromatic N) is 3. The van der Waals surface area contributed by atoms with Gasteiger partial charge in [-0.3, -0.25) is 0 Å². The molecule has 0 N–H and O–H groups in total. The minimum atomic E-state index is 0.960. The number of rotatable bonds is 6. The molecule has 0 spiro atoms. The summed E-state index contributed by atoms with van der Waals surface area (Å²) in [7, 11) is 0. The van der Waals surface area contributed by atoms with Crippen LogP contribution in [0.2, 0.25) is 0 Å². The molecule has 0 aliphatic heterocycles. The molecule has 0 aliphatic carbocycles. The summed E-state index contributed by atoms with van der Waals surface area (Å²) in [5.41, 5.74) is 10.9. The zero-order valence-electron chi connectivity index (χ0n) is 24.1. The quantitative estimate of drug-likeness (QED) is 0.201. The number of anilines is 3. The molecule has 0 amide bonds. The van der Waals surface area contributed by atoms with Crippen LogP contribution in [0.25, 0.3) is 49.9 Å². The zero-order valence-corrected chi connectivity index (χ0v) is 24.1. The van der Waals surface area contributed by atoms with Gasteiger partial charge in [0.05, 0.1) is 11.2 Å². The lowest BCUT2D eigenvalue weighted by atomic mass is 9.96. The molecule has 3 heteroatoms. The van der Waals surface area contributed by atoms with Gasteiger partial charge in [-0.05, 0) is 53.4 Å². The molecule has 0 aliphatic rings. The lowest BCUT2D eigenvalue weighted by Crippen LogP contribution is -2.09. The van der Waals surface area contributed by atoms with Crippen LogP contribution in [0.5, 0.6) is 0 Å². The van der Waals surface area contributed by atoms with Crippen LogP contribution in [0, 0.1) is 0 Å². The number of hydrogen-bond acceptors (Lipinski definition) is 2. The van der Waals surface area contributed by atoms with E-state index in [2.05, 4.69) is 185 Å². The Balaban J connectivity index is 1.36. The van der Waals surface area contributed by atoms with Crippen molar-refractivity contribution in [2.45, 2.75) is 0 Å². The van der Waals surface area contributed by atoms with Crippen LogP contribution in [-0.2, 0) is 0 Å². The average Bonchev–Trinajstić information content (AvgIpc) is 3.51. The summed E-state index contributed by atoms with van der Waals surface area (Å²) in [5, 5.41) is 7.75.